The minimum Gasteiger partial charge on any atom is -0.481 e. The first-order valence-corrected chi connectivity index (χ1v) is 8.44. The Morgan fingerprint density at radius 2 is 1.96 bits per heavy atom. The lowest BCUT2D eigenvalue weighted by Crippen LogP contribution is -2.38. The zero-order valence-electron chi connectivity index (χ0n) is 14.6. The van der Waals surface area contributed by atoms with Gasteiger partial charge in [0.1, 0.15) is 0 Å². The van der Waals surface area contributed by atoms with Crippen LogP contribution in [0.5, 0.6) is 5.88 Å². The lowest BCUT2D eigenvalue weighted by Gasteiger charge is -2.28. The van der Waals surface area contributed by atoms with Gasteiger partial charge >= 0.3 is 0 Å². The molecule has 1 aromatic heterocycles. The average Bonchev–Trinajstić information content (AvgIpc) is 3.06. The fraction of sp³-hybridized carbons (Fsp3) is 0.400. The third kappa shape index (κ3) is 3.01. The van der Waals surface area contributed by atoms with Crippen LogP contribution in [0.2, 0.25) is 0 Å². The molecule has 126 valence electrons. The molecule has 0 radical (unpaired) electrons. The number of pyridine rings is 1. The van der Waals surface area contributed by atoms with Crippen LogP contribution in [0.4, 0.5) is 5.69 Å². The first kappa shape index (κ1) is 16.5. The second-order valence-electron chi connectivity index (χ2n) is 6.66. The van der Waals surface area contributed by atoms with Gasteiger partial charge in [0, 0.05) is 5.56 Å². The zero-order chi connectivity index (χ0) is 17.2. The van der Waals surface area contributed by atoms with Crippen molar-refractivity contribution in [3.05, 3.63) is 53.2 Å². The van der Waals surface area contributed by atoms with E-state index in [9.17, 15) is 4.79 Å². The maximum atomic E-state index is 13.1. The highest BCUT2D eigenvalue weighted by atomic mass is 16.5. The van der Waals surface area contributed by atoms with Crippen molar-refractivity contribution >= 4 is 11.6 Å². The molecule has 0 saturated heterocycles. The van der Waals surface area contributed by atoms with Crippen molar-refractivity contribution in [1.82, 2.24) is 4.98 Å². The maximum Gasteiger partial charge on any atom is 0.235 e. The highest BCUT2D eigenvalue weighted by molar-refractivity contribution is 5.99. The fourth-order valence-corrected chi connectivity index (χ4v) is 3.66. The van der Waals surface area contributed by atoms with Gasteiger partial charge in [-0.3, -0.25) is 4.79 Å². The van der Waals surface area contributed by atoms with Gasteiger partial charge in [-0.2, -0.15) is 0 Å². The molecule has 1 amide bonds. The van der Waals surface area contributed by atoms with Crippen LogP contribution in [-0.2, 0) is 10.2 Å². The van der Waals surface area contributed by atoms with E-state index in [4.69, 9.17) is 4.74 Å². The topological polar surface area (TPSA) is 51.2 Å². The summed E-state index contributed by atoms with van der Waals surface area (Å²) in [5, 5.41) is 3.08. The Morgan fingerprint density at radius 1 is 1.21 bits per heavy atom. The van der Waals surface area contributed by atoms with E-state index in [1.54, 1.807) is 13.3 Å². The Morgan fingerprint density at radius 3 is 2.58 bits per heavy atom. The standard InChI is InChI=1S/C20H24N2O2/c1-14-7-6-8-16(11-14)20(9-4-5-10-20)19(23)22-17-12-15(2)18(24-3)21-13-17/h6-8,11-13H,4-5,9-10H2,1-3H3,(H,22,23). The number of nitrogens with zero attached hydrogens (tertiary/aromatic N) is 1. The third-order valence-corrected chi connectivity index (χ3v) is 4.94. The summed E-state index contributed by atoms with van der Waals surface area (Å²) < 4.78 is 5.18. The van der Waals surface area contributed by atoms with Gasteiger partial charge in [-0.05, 0) is 38.3 Å². The number of aryl methyl sites for hydroxylation is 2. The molecule has 24 heavy (non-hydrogen) atoms. The van der Waals surface area contributed by atoms with Gasteiger partial charge in [0.15, 0.2) is 0 Å². The molecule has 2 aromatic rings. The second-order valence-corrected chi connectivity index (χ2v) is 6.66. The zero-order valence-corrected chi connectivity index (χ0v) is 14.6. The molecule has 4 heteroatoms. The number of amides is 1. The van der Waals surface area contributed by atoms with Crippen molar-refractivity contribution in [2.45, 2.75) is 44.9 Å². The van der Waals surface area contributed by atoms with Crippen molar-refractivity contribution in [2.75, 3.05) is 12.4 Å². The molecule has 1 heterocycles. The smallest absolute Gasteiger partial charge is 0.235 e. The van der Waals surface area contributed by atoms with Crippen molar-refractivity contribution in [3.63, 3.8) is 0 Å². The van der Waals surface area contributed by atoms with E-state index in [0.717, 1.165) is 42.5 Å². The lowest BCUT2D eigenvalue weighted by atomic mass is 9.77. The first-order chi connectivity index (χ1) is 11.5. The predicted octanol–water partition coefficient (Wildman–Crippen LogP) is 4.16. The van der Waals surface area contributed by atoms with E-state index in [1.165, 1.54) is 5.56 Å². The summed E-state index contributed by atoms with van der Waals surface area (Å²) in [4.78, 5) is 17.4. The number of anilines is 1. The predicted molar refractivity (Wildman–Crippen MR) is 95.5 cm³/mol. The maximum absolute atomic E-state index is 13.1. The van der Waals surface area contributed by atoms with E-state index in [0.29, 0.717) is 5.88 Å². The number of aromatic nitrogens is 1. The number of carbonyl (C=O) groups is 1. The Balaban J connectivity index is 1.89. The average molecular weight is 324 g/mol. The van der Waals surface area contributed by atoms with Crippen LogP contribution in [0.3, 0.4) is 0 Å². The molecule has 0 bridgehead atoms. The third-order valence-electron chi connectivity index (χ3n) is 4.94. The summed E-state index contributed by atoms with van der Waals surface area (Å²) in [6, 6.07) is 10.2. The van der Waals surface area contributed by atoms with Crippen LogP contribution in [-0.4, -0.2) is 18.0 Å². The molecule has 1 aliphatic rings. The van der Waals surface area contributed by atoms with Crippen LogP contribution in [0.25, 0.3) is 0 Å². The molecule has 0 aliphatic heterocycles. The van der Waals surface area contributed by atoms with Crippen molar-refractivity contribution in [2.24, 2.45) is 0 Å². The van der Waals surface area contributed by atoms with Gasteiger partial charge in [0.25, 0.3) is 0 Å². The van der Waals surface area contributed by atoms with Crippen molar-refractivity contribution < 1.29 is 9.53 Å². The van der Waals surface area contributed by atoms with E-state index < -0.39 is 5.41 Å². The Hall–Kier alpha value is -2.36. The fourth-order valence-electron chi connectivity index (χ4n) is 3.66. The summed E-state index contributed by atoms with van der Waals surface area (Å²) in [6.07, 6.45) is 5.61. The molecule has 1 fully saturated rings. The molecule has 1 N–H and O–H groups in total. The lowest BCUT2D eigenvalue weighted by molar-refractivity contribution is -0.121. The largest absolute Gasteiger partial charge is 0.481 e. The van der Waals surface area contributed by atoms with Gasteiger partial charge in [-0.25, -0.2) is 4.98 Å². The molecular formula is C20H24N2O2. The number of benzene rings is 1. The number of hydrogen-bond donors (Lipinski definition) is 1. The molecule has 0 atom stereocenters. The van der Waals surface area contributed by atoms with E-state index >= 15 is 0 Å². The molecule has 0 unspecified atom stereocenters. The summed E-state index contributed by atoms with van der Waals surface area (Å²) in [6.45, 7) is 3.99. The number of ether oxygens (including phenoxy) is 1. The number of methoxy groups -OCH3 is 1. The van der Waals surface area contributed by atoms with Gasteiger partial charge in [0.05, 0.1) is 24.4 Å². The van der Waals surface area contributed by atoms with Crippen LogP contribution in [0, 0.1) is 13.8 Å². The van der Waals surface area contributed by atoms with Crippen molar-refractivity contribution in [3.8, 4) is 5.88 Å². The quantitative estimate of drug-likeness (QED) is 0.919. The highest BCUT2D eigenvalue weighted by Crippen LogP contribution is 2.42. The summed E-state index contributed by atoms with van der Waals surface area (Å²) in [5.74, 6) is 0.652. The number of rotatable bonds is 4. The van der Waals surface area contributed by atoms with Gasteiger partial charge < -0.3 is 10.1 Å². The van der Waals surface area contributed by atoms with E-state index in [-0.39, 0.29) is 5.91 Å². The van der Waals surface area contributed by atoms with Crippen LogP contribution in [0.1, 0.15) is 42.4 Å². The van der Waals surface area contributed by atoms with E-state index in [2.05, 4.69) is 35.4 Å². The van der Waals surface area contributed by atoms with Gasteiger partial charge in [0.2, 0.25) is 11.8 Å². The minimum atomic E-state index is -0.431. The SMILES string of the molecule is COc1ncc(NC(=O)C2(c3cccc(C)c3)CCCC2)cc1C. The summed E-state index contributed by atoms with van der Waals surface area (Å²) in [5.41, 5.74) is 3.51. The molecule has 3 rings (SSSR count). The van der Waals surface area contributed by atoms with Crippen molar-refractivity contribution in [1.29, 1.82) is 0 Å². The molecule has 1 aliphatic carbocycles. The first-order valence-electron chi connectivity index (χ1n) is 8.44. The monoisotopic (exact) mass is 324 g/mol. The van der Waals surface area contributed by atoms with Gasteiger partial charge in [-0.1, -0.05) is 42.7 Å². The van der Waals surface area contributed by atoms with E-state index in [1.807, 2.05) is 19.1 Å². The number of nitrogens with one attached hydrogen (secondary N) is 1. The minimum absolute atomic E-state index is 0.0666. The number of hydrogen-bond acceptors (Lipinski definition) is 3. The summed E-state index contributed by atoms with van der Waals surface area (Å²) in [7, 11) is 1.60. The number of carbonyl (C=O) groups excluding carboxylic acids is 1. The Bertz CT molecular complexity index is 749. The molecule has 0 spiro atoms. The molecular weight excluding hydrogens is 300 g/mol. The van der Waals surface area contributed by atoms with Crippen LogP contribution >= 0.6 is 0 Å². The molecule has 4 nitrogen and oxygen atoms in total. The molecule has 1 saturated carbocycles. The summed E-state index contributed by atoms with van der Waals surface area (Å²) >= 11 is 0. The molecule has 1 aromatic carbocycles. The highest BCUT2D eigenvalue weighted by Gasteiger charge is 2.42. The second kappa shape index (κ2) is 6.63. The normalized spacial score (nSPS) is 16.0. The Kier molecular flexibility index (Phi) is 4.56. The Labute approximate surface area is 143 Å². The van der Waals surface area contributed by atoms with Crippen LogP contribution < -0.4 is 10.1 Å². The van der Waals surface area contributed by atoms with Gasteiger partial charge in [-0.15, -0.1) is 0 Å². The van der Waals surface area contributed by atoms with Crippen LogP contribution in [0.15, 0.2) is 36.5 Å².